The van der Waals surface area contributed by atoms with E-state index in [0.717, 1.165) is 0 Å². The first kappa shape index (κ1) is 13.0. The minimum absolute atomic E-state index is 0.0623. The van der Waals surface area contributed by atoms with Crippen molar-refractivity contribution in [3.63, 3.8) is 0 Å². The normalized spacial score (nSPS) is 10.7. The van der Waals surface area contributed by atoms with E-state index in [4.69, 9.17) is 27.9 Å². The molecule has 0 aliphatic heterocycles. The van der Waals surface area contributed by atoms with Crippen LogP contribution >= 0.6 is 31.8 Å². The zero-order valence-electron chi connectivity index (χ0n) is 7.48. The molecule has 0 atom stereocenters. The zero-order valence-corrected chi connectivity index (χ0v) is 9.89. The van der Waals surface area contributed by atoms with Gasteiger partial charge in [-0.3, -0.25) is 0 Å². The lowest BCUT2D eigenvalue weighted by molar-refractivity contribution is -0.318. The summed E-state index contributed by atoms with van der Waals surface area (Å²) < 4.78 is 9.45. The maximum atomic E-state index is 10.1. The van der Waals surface area contributed by atoms with Gasteiger partial charge in [-0.1, -0.05) is 29.3 Å². The van der Waals surface area contributed by atoms with Gasteiger partial charge < -0.3 is 19.0 Å². The summed E-state index contributed by atoms with van der Waals surface area (Å²) in [7, 11) is -2.84. The monoisotopic (exact) mass is 268 g/mol. The highest BCUT2D eigenvalue weighted by atomic mass is 35.5. The van der Waals surface area contributed by atoms with Gasteiger partial charge in [0.25, 0.3) is 0 Å². The van der Waals surface area contributed by atoms with Crippen LogP contribution in [0.2, 0.25) is 10.0 Å². The van der Waals surface area contributed by atoms with Crippen LogP contribution in [0.15, 0.2) is 18.2 Å². The molecule has 0 N–H and O–H groups in total. The maximum absolute atomic E-state index is 10.1. The molecule has 0 fully saturated rings. The molecule has 1 aromatic carbocycles. The van der Waals surface area contributed by atoms with Crippen molar-refractivity contribution in [2.24, 2.45) is 0 Å². The fraction of sp³-hybridized carbons (Fsp3) is 0.250. The molecular formula is C8H7Cl2O4P-2. The highest BCUT2D eigenvalue weighted by Gasteiger charge is 2.05. The van der Waals surface area contributed by atoms with Crippen molar-refractivity contribution < 1.29 is 19.0 Å². The summed E-state index contributed by atoms with van der Waals surface area (Å²) in [6.45, 7) is -0.00692. The van der Waals surface area contributed by atoms with Crippen molar-refractivity contribution in [2.75, 3.05) is 13.2 Å². The molecule has 0 radical (unpaired) electrons. The number of halogens is 2. The molecule has 0 aliphatic rings. The van der Waals surface area contributed by atoms with Gasteiger partial charge >= 0.3 is 0 Å². The molecule has 7 heteroatoms. The van der Waals surface area contributed by atoms with E-state index in [-0.39, 0.29) is 13.2 Å². The Hall–Kier alpha value is -0.0900. The van der Waals surface area contributed by atoms with Gasteiger partial charge in [-0.15, -0.1) is 0 Å². The number of rotatable bonds is 5. The predicted molar refractivity (Wildman–Crippen MR) is 54.8 cm³/mol. The van der Waals surface area contributed by atoms with Crippen LogP contribution in [0, 0.1) is 0 Å². The van der Waals surface area contributed by atoms with Crippen LogP contribution in [-0.2, 0) is 4.52 Å². The molecule has 0 amide bonds. The highest BCUT2D eigenvalue weighted by molar-refractivity contribution is 7.36. The summed E-state index contributed by atoms with van der Waals surface area (Å²) in [6.07, 6.45) is 0. The summed E-state index contributed by atoms with van der Waals surface area (Å²) in [5, 5.41) is 0.739. The zero-order chi connectivity index (χ0) is 11.3. The first-order chi connectivity index (χ1) is 7.11. The van der Waals surface area contributed by atoms with Gasteiger partial charge in [-0.2, -0.15) is 8.60 Å². The minimum atomic E-state index is -2.84. The van der Waals surface area contributed by atoms with Gasteiger partial charge in [0.15, 0.2) is 5.75 Å². The average Bonchev–Trinajstić information content (AvgIpc) is 2.15. The summed E-state index contributed by atoms with van der Waals surface area (Å²) in [6, 6.07) is 4.93. The lowest BCUT2D eigenvalue weighted by atomic mass is 10.3. The van der Waals surface area contributed by atoms with Gasteiger partial charge in [0.05, 0.1) is 16.7 Å². The molecule has 0 spiro atoms. The van der Waals surface area contributed by atoms with Gasteiger partial charge in [0.2, 0.25) is 0 Å². The minimum Gasteiger partial charge on any atom is -0.820 e. The van der Waals surface area contributed by atoms with E-state index in [9.17, 15) is 9.79 Å². The smallest absolute Gasteiger partial charge is 0.156 e. The van der Waals surface area contributed by atoms with Crippen LogP contribution < -0.4 is 14.5 Å². The molecular weight excluding hydrogens is 262 g/mol. The topological polar surface area (TPSA) is 64.6 Å². The fourth-order valence-electron chi connectivity index (χ4n) is 0.876. The lowest BCUT2D eigenvalue weighted by Crippen LogP contribution is -2.14. The third-order valence-corrected chi connectivity index (χ3v) is 2.43. The van der Waals surface area contributed by atoms with Gasteiger partial charge in [0, 0.05) is 0 Å². The molecule has 1 rings (SSSR count). The van der Waals surface area contributed by atoms with Crippen LogP contribution in [0.1, 0.15) is 0 Å². The van der Waals surface area contributed by atoms with Crippen LogP contribution in [0.4, 0.5) is 0 Å². The predicted octanol–water partition coefficient (Wildman–Crippen LogP) is 1.34. The molecule has 0 unspecified atom stereocenters. The van der Waals surface area contributed by atoms with Crippen molar-refractivity contribution >= 4 is 31.8 Å². The first-order valence-electron chi connectivity index (χ1n) is 3.95. The number of ether oxygens (including phenoxy) is 1. The largest absolute Gasteiger partial charge is 0.820 e. The second-order valence-electron chi connectivity index (χ2n) is 2.46. The van der Waals surface area contributed by atoms with Gasteiger partial charge in [-0.05, 0) is 12.1 Å². The Morgan fingerprint density at radius 1 is 1.13 bits per heavy atom. The van der Waals surface area contributed by atoms with E-state index >= 15 is 0 Å². The Morgan fingerprint density at radius 2 is 1.73 bits per heavy atom. The quantitative estimate of drug-likeness (QED) is 0.597. The molecule has 0 saturated heterocycles. The molecule has 0 aliphatic carbocycles. The summed E-state index contributed by atoms with van der Waals surface area (Å²) in [5.41, 5.74) is 0. The molecule has 15 heavy (non-hydrogen) atoms. The van der Waals surface area contributed by atoms with E-state index in [2.05, 4.69) is 4.52 Å². The van der Waals surface area contributed by atoms with Crippen LogP contribution in [0.25, 0.3) is 0 Å². The van der Waals surface area contributed by atoms with Crippen LogP contribution in [-0.4, -0.2) is 13.2 Å². The van der Waals surface area contributed by atoms with E-state index < -0.39 is 8.60 Å². The van der Waals surface area contributed by atoms with Crippen LogP contribution in [0.3, 0.4) is 0 Å². The lowest BCUT2D eigenvalue weighted by Gasteiger charge is -2.28. The Bertz CT molecular complexity index is 301. The first-order valence-corrected chi connectivity index (χ1v) is 5.80. The van der Waals surface area contributed by atoms with Crippen molar-refractivity contribution in [3.8, 4) is 5.75 Å². The summed E-state index contributed by atoms with van der Waals surface area (Å²) >= 11 is 11.6. The van der Waals surface area contributed by atoms with Crippen molar-refractivity contribution in [3.05, 3.63) is 28.2 Å². The van der Waals surface area contributed by atoms with Crippen LogP contribution in [0.5, 0.6) is 5.75 Å². The number of para-hydroxylation sites is 1. The van der Waals surface area contributed by atoms with Crippen molar-refractivity contribution in [1.82, 2.24) is 0 Å². The summed E-state index contributed by atoms with van der Waals surface area (Å²) in [4.78, 5) is 20.1. The maximum Gasteiger partial charge on any atom is 0.156 e. The highest BCUT2D eigenvalue weighted by Crippen LogP contribution is 2.32. The Labute approximate surface area is 98.3 Å². The molecule has 84 valence electrons. The fourth-order valence-corrected chi connectivity index (χ4v) is 1.61. The Balaban J connectivity index is 2.43. The van der Waals surface area contributed by atoms with Crippen molar-refractivity contribution in [1.29, 1.82) is 0 Å². The van der Waals surface area contributed by atoms with Crippen molar-refractivity contribution in [2.45, 2.75) is 0 Å². The molecule has 0 saturated carbocycles. The van der Waals surface area contributed by atoms with E-state index in [1.165, 1.54) is 0 Å². The molecule has 1 aromatic rings. The van der Waals surface area contributed by atoms with Gasteiger partial charge in [0.1, 0.15) is 6.61 Å². The van der Waals surface area contributed by atoms with Gasteiger partial charge in [-0.25, -0.2) is 0 Å². The number of hydrogen-bond acceptors (Lipinski definition) is 4. The standard InChI is InChI=1S/C8H7Cl2O4P/c9-6-2-1-3-7(10)8(6)13-4-5-14-15(11)12/h1-3H,4-5H2/q-2. The van der Waals surface area contributed by atoms with E-state index in [1.807, 2.05) is 0 Å². The Morgan fingerprint density at radius 3 is 2.27 bits per heavy atom. The van der Waals surface area contributed by atoms with E-state index in [0.29, 0.717) is 15.8 Å². The SMILES string of the molecule is [O-]P([O-])OCCOc1c(Cl)cccc1Cl. The molecule has 0 heterocycles. The number of benzene rings is 1. The third-order valence-electron chi connectivity index (χ3n) is 1.45. The molecule has 0 bridgehead atoms. The summed E-state index contributed by atoms with van der Waals surface area (Å²) in [5.74, 6) is 0.325. The molecule has 4 nitrogen and oxygen atoms in total. The number of hydrogen-bond donors (Lipinski definition) is 0. The second kappa shape index (κ2) is 6.48. The second-order valence-corrected chi connectivity index (χ2v) is 3.98. The molecule has 0 aromatic heterocycles. The average molecular weight is 269 g/mol. The third kappa shape index (κ3) is 4.51. The van der Waals surface area contributed by atoms with E-state index in [1.54, 1.807) is 18.2 Å². The Kier molecular flexibility index (Phi) is 5.61.